The van der Waals surface area contributed by atoms with Crippen molar-refractivity contribution in [3.8, 4) is 11.5 Å². The number of hydrogen-bond acceptors (Lipinski definition) is 7. The molecule has 1 saturated heterocycles. The third-order valence-corrected chi connectivity index (χ3v) is 4.46. The standard InChI is InChI=1S/C20H25NO6S/c1-5-9-26-15-8-7-14(10-16(15)25-6-2)11-17-19(23)21(20(24)28-17)12-18(22)27-13(3)4/h7-8,10-11,13H,5-6,9,12H2,1-4H3/b17-11-. The molecule has 1 aliphatic rings. The summed E-state index contributed by atoms with van der Waals surface area (Å²) >= 11 is 0.793. The smallest absolute Gasteiger partial charge is 0.326 e. The third kappa shape index (κ3) is 5.76. The van der Waals surface area contributed by atoms with Gasteiger partial charge < -0.3 is 14.2 Å². The van der Waals surface area contributed by atoms with E-state index >= 15 is 0 Å². The van der Waals surface area contributed by atoms with E-state index in [2.05, 4.69) is 0 Å². The second-order valence-electron chi connectivity index (χ2n) is 6.29. The fourth-order valence-electron chi connectivity index (χ4n) is 2.43. The molecule has 0 saturated carbocycles. The van der Waals surface area contributed by atoms with Gasteiger partial charge in [-0.15, -0.1) is 0 Å². The van der Waals surface area contributed by atoms with Crippen LogP contribution in [0.3, 0.4) is 0 Å². The molecule has 0 radical (unpaired) electrons. The van der Waals surface area contributed by atoms with Gasteiger partial charge in [-0.1, -0.05) is 13.0 Å². The van der Waals surface area contributed by atoms with Crippen LogP contribution in [0.1, 0.15) is 39.7 Å². The molecule has 8 heteroatoms. The topological polar surface area (TPSA) is 82.1 Å². The molecule has 0 aromatic heterocycles. The summed E-state index contributed by atoms with van der Waals surface area (Å²) in [5.41, 5.74) is 0.697. The number of thioether (sulfide) groups is 1. The summed E-state index contributed by atoms with van der Waals surface area (Å²) in [6.45, 7) is 7.95. The largest absolute Gasteiger partial charge is 0.490 e. The van der Waals surface area contributed by atoms with Crippen molar-refractivity contribution in [2.75, 3.05) is 19.8 Å². The lowest BCUT2D eigenvalue weighted by molar-refractivity contribution is -0.149. The number of esters is 1. The molecule has 152 valence electrons. The molecule has 0 unspecified atom stereocenters. The summed E-state index contributed by atoms with van der Waals surface area (Å²) in [7, 11) is 0. The highest BCUT2D eigenvalue weighted by Gasteiger charge is 2.36. The zero-order valence-electron chi connectivity index (χ0n) is 16.5. The maximum Gasteiger partial charge on any atom is 0.326 e. The van der Waals surface area contributed by atoms with Crippen molar-refractivity contribution in [1.82, 2.24) is 4.90 Å². The average Bonchev–Trinajstić information content (AvgIpc) is 2.88. The maximum absolute atomic E-state index is 12.5. The van der Waals surface area contributed by atoms with E-state index < -0.39 is 23.7 Å². The Bertz CT molecular complexity index is 774. The zero-order chi connectivity index (χ0) is 20.7. The number of imide groups is 1. The Kier molecular flexibility index (Phi) is 7.92. The number of amides is 2. The van der Waals surface area contributed by atoms with E-state index in [9.17, 15) is 14.4 Å². The van der Waals surface area contributed by atoms with Crippen molar-refractivity contribution >= 4 is 35.0 Å². The number of ether oxygens (including phenoxy) is 3. The zero-order valence-corrected chi connectivity index (χ0v) is 17.3. The molecule has 0 aliphatic carbocycles. The van der Waals surface area contributed by atoms with E-state index in [0.717, 1.165) is 23.1 Å². The first-order valence-electron chi connectivity index (χ1n) is 9.20. The molecule has 28 heavy (non-hydrogen) atoms. The second-order valence-corrected chi connectivity index (χ2v) is 7.29. The number of carbonyl (C=O) groups is 3. The highest BCUT2D eigenvalue weighted by atomic mass is 32.2. The van der Waals surface area contributed by atoms with E-state index in [0.29, 0.717) is 30.3 Å². The third-order valence-electron chi connectivity index (χ3n) is 3.56. The molecule has 1 aromatic rings. The van der Waals surface area contributed by atoms with Gasteiger partial charge in [0.15, 0.2) is 11.5 Å². The molecule has 2 rings (SSSR count). The first kappa shape index (κ1) is 21.8. The lowest BCUT2D eigenvalue weighted by atomic mass is 10.2. The molecular weight excluding hydrogens is 382 g/mol. The predicted molar refractivity (Wildman–Crippen MR) is 107 cm³/mol. The minimum Gasteiger partial charge on any atom is -0.490 e. The monoisotopic (exact) mass is 407 g/mol. The summed E-state index contributed by atoms with van der Waals surface area (Å²) in [6.07, 6.45) is 2.17. The molecular formula is C20H25NO6S. The van der Waals surface area contributed by atoms with Crippen molar-refractivity contribution in [2.24, 2.45) is 0 Å². The molecule has 1 heterocycles. The van der Waals surface area contributed by atoms with E-state index in [-0.39, 0.29) is 11.0 Å². The van der Waals surface area contributed by atoms with Gasteiger partial charge in [0.05, 0.1) is 24.2 Å². The molecule has 0 spiro atoms. The summed E-state index contributed by atoms with van der Waals surface area (Å²) < 4.78 is 16.3. The SMILES string of the molecule is CCCOc1ccc(/C=C2\SC(=O)N(CC(=O)OC(C)C)C2=O)cc1OCC. The van der Waals surface area contributed by atoms with Crippen LogP contribution in [0.25, 0.3) is 6.08 Å². The Hall–Kier alpha value is -2.48. The van der Waals surface area contributed by atoms with Gasteiger partial charge in [-0.05, 0) is 62.7 Å². The molecule has 2 amide bonds. The second kappa shape index (κ2) is 10.2. The molecule has 0 atom stereocenters. The van der Waals surface area contributed by atoms with Crippen LogP contribution in [0.15, 0.2) is 23.1 Å². The number of benzene rings is 1. The van der Waals surface area contributed by atoms with Crippen LogP contribution in [0.4, 0.5) is 4.79 Å². The van der Waals surface area contributed by atoms with Crippen LogP contribution >= 0.6 is 11.8 Å². The van der Waals surface area contributed by atoms with Gasteiger partial charge in [0.2, 0.25) is 0 Å². The highest BCUT2D eigenvalue weighted by molar-refractivity contribution is 8.18. The van der Waals surface area contributed by atoms with Gasteiger partial charge >= 0.3 is 5.97 Å². The Balaban J connectivity index is 2.18. The predicted octanol–water partition coefficient (Wildman–Crippen LogP) is 3.86. The average molecular weight is 407 g/mol. The van der Waals surface area contributed by atoms with Gasteiger partial charge in [-0.2, -0.15) is 0 Å². The Labute approximate surface area is 169 Å². The minimum absolute atomic E-state index is 0.243. The number of rotatable bonds is 9. The Morgan fingerprint density at radius 1 is 1.18 bits per heavy atom. The number of hydrogen-bond donors (Lipinski definition) is 0. The van der Waals surface area contributed by atoms with Crippen molar-refractivity contribution in [2.45, 2.75) is 40.2 Å². The lowest BCUT2D eigenvalue weighted by Gasteiger charge is -2.13. The number of nitrogens with zero attached hydrogens (tertiary/aromatic N) is 1. The van der Waals surface area contributed by atoms with Gasteiger partial charge in [0.25, 0.3) is 11.1 Å². The van der Waals surface area contributed by atoms with Crippen LogP contribution in [0.2, 0.25) is 0 Å². The summed E-state index contributed by atoms with van der Waals surface area (Å²) in [6, 6.07) is 5.32. The van der Waals surface area contributed by atoms with Gasteiger partial charge in [-0.25, -0.2) is 0 Å². The fraction of sp³-hybridized carbons (Fsp3) is 0.450. The van der Waals surface area contributed by atoms with Crippen molar-refractivity contribution in [3.63, 3.8) is 0 Å². The molecule has 1 aliphatic heterocycles. The minimum atomic E-state index is -0.616. The van der Waals surface area contributed by atoms with Crippen LogP contribution in [-0.2, 0) is 14.3 Å². The van der Waals surface area contributed by atoms with E-state index in [1.807, 2.05) is 13.8 Å². The van der Waals surface area contributed by atoms with Crippen LogP contribution in [0.5, 0.6) is 11.5 Å². The summed E-state index contributed by atoms with van der Waals surface area (Å²) in [5, 5.41) is -0.495. The van der Waals surface area contributed by atoms with Gasteiger partial charge in [-0.3, -0.25) is 19.3 Å². The molecule has 7 nitrogen and oxygen atoms in total. The molecule has 1 aromatic carbocycles. The lowest BCUT2D eigenvalue weighted by Crippen LogP contribution is -2.35. The van der Waals surface area contributed by atoms with Gasteiger partial charge in [0, 0.05) is 0 Å². The van der Waals surface area contributed by atoms with E-state index in [1.54, 1.807) is 38.1 Å². The van der Waals surface area contributed by atoms with E-state index in [4.69, 9.17) is 14.2 Å². The normalized spacial score (nSPS) is 15.5. The molecule has 1 fully saturated rings. The van der Waals surface area contributed by atoms with Crippen LogP contribution in [0, 0.1) is 0 Å². The van der Waals surface area contributed by atoms with Crippen molar-refractivity contribution < 1.29 is 28.6 Å². The van der Waals surface area contributed by atoms with Crippen molar-refractivity contribution in [3.05, 3.63) is 28.7 Å². The quantitative estimate of drug-likeness (QED) is 0.454. The highest BCUT2D eigenvalue weighted by Crippen LogP contribution is 2.34. The first-order chi connectivity index (χ1) is 13.3. The summed E-state index contributed by atoms with van der Waals surface area (Å²) in [5.74, 6) is 0.0735. The first-order valence-corrected chi connectivity index (χ1v) is 10.0. The number of carbonyl (C=O) groups excluding carboxylic acids is 3. The maximum atomic E-state index is 12.5. The molecule has 0 N–H and O–H groups in total. The van der Waals surface area contributed by atoms with E-state index in [1.165, 1.54) is 0 Å². The fourth-order valence-corrected chi connectivity index (χ4v) is 3.27. The van der Waals surface area contributed by atoms with Crippen LogP contribution in [-0.4, -0.2) is 47.9 Å². The van der Waals surface area contributed by atoms with Gasteiger partial charge in [0.1, 0.15) is 6.54 Å². The summed E-state index contributed by atoms with van der Waals surface area (Å²) in [4.78, 5) is 37.5. The Morgan fingerprint density at radius 3 is 2.57 bits per heavy atom. The van der Waals surface area contributed by atoms with Crippen molar-refractivity contribution in [1.29, 1.82) is 0 Å². The van der Waals surface area contributed by atoms with Crippen LogP contribution < -0.4 is 9.47 Å². The molecule has 0 bridgehead atoms. The Morgan fingerprint density at radius 2 is 1.93 bits per heavy atom.